The lowest BCUT2D eigenvalue weighted by Gasteiger charge is -2.21. The molecule has 0 saturated heterocycles. The molecule has 1 aromatic heterocycles. The van der Waals surface area contributed by atoms with Gasteiger partial charge in [-0.3, -0.25) is 4.79 Å². The zero-order valence-corrected chi connectivity index (χ0v) is 18.1. The summed E-state index contributed by atoms with van der Waals surface area (Å²) < 4.78 is 6.69. The highest BCUT2D eigenvalue weighted by molar-refractivity contribution is 5.94. The Balaban J connectivity index is 1.79. The van der Waals surface area contributed by atoms with Crippen LogP contribution in [0.25, 0.3) is 5.69 Å². The standard InChI is InChI=1S/C25H24N4O3/c1-4-14-28(17-20-8-6-19(15-26)7-9-20)24(30)21-10-12-22(13-11-21)29-18(3)23(16-27-29)25(31)32-5-2/h4,6-13,16H,1,5,14,17H2,2-3H3. The van der Waals surface area contributed by atoms with Crippen LogP contribution in [0.3, 0.4) is 0 Å². The van der Waals surface area contributed by atoms with Gasteiger partial charge in [-0.2, -0.15) is 10.4 Å². The molecule has 32 heavy (non-hydrogen) atoms. The number of hydrogen-bond acceptors (Lipinski definition) is 5. The summed E-state index contributed by atoms with van der Waals surface area (Å²) in [6.45, 7) is 8.39. The monoisotopic (exact) mass is 428 g/mol. The largest absolute Gasteiger partial charge is 0.462 e. The first kappa shape index (κ1) is 22.5. The summed E-state index contributed by atoms with van der Waals surface area (Å²) in [5.74, 6) is -0.545. The molecule has 0 fully saturated rings. The third-order valence-electron chi connectivity index (χ3n) is 4.96. The van der Waals surface area contributed by atoms with Crippen LogP contribution in [0.5, 0.6) is 0 Å². The maximum absolute atomic E-state index is 13.1. The third-order valence-corrected chi connectivity index (χ3v) is 4.96. The van der Waals surface area contributed by atoms with E-state index in [-0.39, 0.29) is 5.91 Å². The molecule has 7 nitrogen and oxygen atoms in total. The van der Waals surface area contributed by atoms with Crippen molar-refractivity contribution in [3.05, 3.63) is 95.3 Å². The Morgan fingerprint density at radius 2 is 1.88 bits per heavy atom. The van der Waals surface area contributed by atoms with Gasteiger partial charge in [-0.15, -0.1) is 6.58 Å². The molecule has 0 aliphatic heterocycles. The zero-order valence-electron chi connectivity index (χ0n) is 18.1. The lowest BCUT2D eigenvalue weighted by Crippen LogP contribution is -2.30. The minimum atomic E-state index is -0.411. The molecule has 1 amide bonds. The molecule has 3 aromatic rings. The van der Waals surface area contributed by atoms with Crippen molar-refractivity contribution in [3.63, 3.8) is 0 Å². The van der Waals surface area contributed by atoms with E-state index < -0.39 is 5.97 Å². The number of aromatic nitrogens is 2. The number of nitrogens with zero attached hydrogens (tertiary/aromatic N) is 4. The lowest BCUT2D eigenvalue weighted by atomic mass is 10.1. The predicted molar refractivity (Wildman–Crippen MR) is 120 cm³/mol. The normalized spacial score (nSPS) is 10.3. The molecule has 7 heteroatoms. The summed E-state index contributed by atoms with van der Waals surface area (Å²) in [5.41, 5.74) is 3.83. The Labute approximate surface area is 187 Å². The minimum absolute atomic E-state index is 0.134. The second-order valence-electron chi connectivity index (χ2n) is 7.11. The molecule has 1 heterocycles. The van der Waals surface area contributed by atoms with Crippen LogP contribution in [0, 0.1) is 18.3 Å². The zero-order chi connectivity index (χ0) is 23.1. The van der Waals surface area contributed by atoms with Gasteiger partial charge in [0.05, 0.1) is 35.8 Å². The van der Waals surface area contributed by atoms with Gasteiger partial charge in [0.1, 0.15) is 5.56 Å². The fraction of sp³-hybridized carbons (Fsp3) is 0.200. The number of benzene rings is 2. The number of amides is 1. The molecule has 0 atom stereocenters. The van der Waals surface area contributed by atoms with Gasteiger partial charge in [0.2, 0.25) is 0 Å². The Morgan fingerprint density at radius 1 is 1.19 bits per heavy atom. The second-order valence-corrected chi connectivity index (χ2v) is 7.11. The van der Waals surface area contributed by atoms with Crippen LogP contribution in [0.1, 0.15) is 44.5 Å². The van der Waals surface area contributed by atoms with Gasteiger partial charge >= 0.3 is 5.97 Å². The molecule has 0 aliphatic rings. The van der Waals surface area contributed by atoms with Crippen molar-refractivity contribution < 1.29 is 14.3 Å². The number of ether oxygens (including phenoxy) is 1. The van der Waals surface area contributed by atoms with E-state index in [1.165, 1.54) is 6.20 Å². The van der Waals surface area contributed by atoms with Crippen molar-refractivity contribution >= 4 is 11.9 Å². The van der Waals surface area contributed by atoms with Crippen molar-refractivity contribution in [1.82, 2.24) is 14.7 Å². The van der Waals surface area contributed by atoms with E-state index in [4.69, 9.17) is 10.00 Å². The Morgan fingerprint density at radius 3 is 2.47 bits per heavy atom. The average molecular weight is 428 g/mol. The summed E-state index contributed by atoms with van der Waals surface area (Å²) in [6, 6.07) is 16.3. The molecule has 0 radical (unpaired) electrons. The number of rotatable bonds is 8. The Bertz CT molecular complexity index is 1160. The molecule has 2 aromatic carbocycles. The van der Waals surface area contributed by atoms with Crippen molar-refractivity contribution in [2.45, 2.75) is 20.4 Å². The maximum atomic E-state index is 13.1. The van der Waals surface area contributed by atoms with Crippen molar-refractivity contribution in [2.24, 2.45) is 0 Å². The Hall–Kier alpha value is -4.18. The van der Waals surface area contributed by atoms with Gasteiger partial charge in [0.15, 0.2) is 0 Å². The van der Waals surface area contributed by atoms with Gasteiger partial charge in [0, 0.05) is 18.7 Å². The van der Waals surface area contributed by atoms with Crippen molar-refractivity contribution in [3.8, 4) is 11.8 Å². The van der Waals surface area contributed by atoms with E-state index in [1.807, 2.05) is 12.1 Å². The first-order valence-corrected chi connectivity index (χ1v) is 10.2. The number of carbonyl (C=O) groups excluding carboxylic acids is 2. The predicted octanol–water partition coefficient (Wildman–Crippen LogP) is 4.06. The fourth-order valence-electron chi connectivity index (χ4n) is 3.29. The highest BCUT2D eigenvalue weighted by atomic mass is 16.5. The van der Waals surface area contributed by atoms with E-state index >= 15 is 0 Å². The summed E-state index contributed by atoms with van der Waals surface area (Å²) in [5, 5.41) is 13.2. The molecular formula is C25H24N4O3. The molecule has 3 rings (SSSR count). The van der Waals surface area contributed by atoms with E-state index in [0.29, 0.717) is 42.1 Å². The van der Waals surface area contributed by atoms with Crippen LogP contribution in [0.2, 0.25) is 0 Å². The fourth-order valence-corrected chi connectivity index (χ4v) is 3.29. The van der Waals surface area contributed by atoms with Crippen molar-refractivity contribution in [2.75, 3.05) is 13.2 Å². The first-order chi connectivity index (χ1) is 15.5. The van der Waals surface area contributed by atoms with E-state index in [0.717, 1.165) is 11.3 Å². The number of nitriles is 1. The van der Waals surface area contributed by atoms with Gasteiger partial charge in [-0.1, -0.05) is 18.2 Å². The van der Waals surface area contributed by atoms with Crippen LogP contribution >= 0.6 is 0 Å². The van der Waals surface area contributed by atoms with Gasteiger partial charge in [0.25, 0.3) is 5.91 Å². The molecular weight excluding hydrogens is 404 g/mol. The Kier molecular flexibility index (Phi) is 7.19. The van der Waals surface area contributed by atoms with E-state index in [2.05, 4.69) is 17.7 Å². The van der Waals surface area contributed by atoms with Crippen LogP contribution in [-0.2, 0) is 11.3 Å². The molecule has 0 bridgehead atoms. The highest BCUT2D eigenvalue weighted by Crippen LogP contribution is 2.17. The molecule has 0 saturated carbocycles. The smallest absolute Gasteiger partial charge is 0.341 e. The van der Waals surface area contributed by atoms with E-state index in [1.54, 1.807) is 65.9 Å². The number of esters is 1. The van der Waals surface area contributed by atoms with Gasteiger partial charge in [-0.25, -0.2) is 9.48 Å². The SMILES string of the molecule is C=CCN(Cc1ccc(C#N)cc1)C(=O)c1ccc(-n2ncc(C(=O)OCC)c2C)cc1. The number of hydrogen-bond donors (Lipinski definition) is 0. The topological polar surface area (TPSA) is 88.2 Å². The molecule has 0 unspecified atom stereocenters. The summed E-state index contributed by atoms with van der Waals surface area (Å²) in [6.07, 6.45) is 3.16. The molecule has 162 valence electrons. The second kappa shape index (κ2) is 10.2. The maximum Gasteiger partial charge on any atom is 0.341 e. The molecule has 0 aliphatic carbocycles. The summed E-state index contributed by atoms with van der Waals surface area (Å²) in [4.78, 5) is 26.8. The van der Waals surface area contributed by atoms with Crippen LogP contribution in [0.15, 0.2) is 67.4 Å². The third kappa shape index (κ3) is 4.93. The molecule has 0 spiro atoms. The summed E-state index contributed by atoms with van der Waals surface area (Å²) in [7, 11) is 0. The summed E-state index contributed by atoms with van der Waals surface area (Å²) >= 11 is 0. The van der Waals surface area contributed by atoms with Crippen LogP contribution in [0.4, 0.5) is 0 Å². The number of carbonyl (C=O) groups is 2. The first-order valence-electron chi connectivity index (χ1n) is 10.2. The average Bonchev–Trinajstić information content (AvgIpc) is 3.20. The van der Waals surface area contributed by atoms with Gasteiger partial charge < -0.3 is 9.64 Å². The molecule has 0 N–H and O–H groups in total. The minimum Gasteiger partial charge on any atom is -0.462 e. The van der Waals surface area contributed by atoms with Gasteiger partial charge in [-0.05, 0) is 55.8 Å². The lowest BCUT2D eigenvalue weighted by molar-refractivity contribution is 0.0525. The van der Waals surface area contributed by atoms with Crippen molar-refractivity contribution in [1.29, 1.82) is 5.26 Å². The van der Waals surface area contributed by atoms with Crippen LogP contribution < -0.4 is 0 Å². The highest BCUT2D eigenvalue weighted by Gasteiger charge is 2.18. The van der Waals surface area contributed by atoms with E-state index in [9.17, 15) is 9.59 Å². The van der Waals surface area contributed by atoms with Crippen LogP contribution in [-0.4, -0.2) is 39.7 Å². The quantitative estimate of drug-likeness (QED) is 0.399.